The molecular formula is C27H33N3O3. The third-order valence-electron chi connectivity index (χ3n) is 6.77. The number of ether oxygens (including phenoxy) is 1. The highest BCUT2D eigenvalue weighted by atomic mass is 16.5. The second kappa shape index (κ2) is 10.2. The van der Waals surface area contributed by atoms with Crippen molar-refractivity contribution in [2.45, 2.75) is 51.6 Å². The number of benzene rings is 2. The summed E-state index contributed by atoms with van der Waals surface area (Å²) in [6, 6.07) is 15.7. The molecule has 3 aromatic rings. The van der Waals surface area contributed by atoms with Gasteiger partial charge in [0.2, 0.25) is 0 Å². The molecule has 33 heavy (non-hydrogen) atoms. The standard InChI is InChI=1S/C27H33N3O3/c1-19-8-6-9-20(2)29(19)17-7-16-28-26(31)25-18-30(21-12-14-22(33-3)15-13-21)27(32)24-11-5-4-10-23(24)25/h4-5,10-15,18-20H,6-9,16-17H2,1-3H3,(H,28,31). The van der Waals surface area contributed by atoms with E-state index >= 15 is 0 Å². The Balaban J connectivity index is 1.54. The maximum absolute atomic E-state index is 13.2. The van der Waals surface area contributed by atoms with Gasteiger partial charge >= 0.3 is 0 Å². The Labute approximate surface area is 195 Å². The van der Waals surface area contributed by atoms with E-state index in [9.17, 15) is 9.59 Å². The molecule has 0 aliphatic carbocycles. The van der Waals surface area contributed by atoms with Gasteiger partial charge in [0.25, 0.3) is 11.5 Å². The zero-order valence-electron chi connectivity index (χ0n) is 19.7. The van der Waals surface area contributed by atoms with Gasteiger partial charge in [-0.1, -0.05) is 24.6 Å². The summed E-state index contributed by atoms with van der Waals surface area (Å²) in [4.78, 5) is 28.9. The van der Waals surface area contributed by atoms with Crippen LogP contribution in [0.2, 0.25) is 0 Å². The Morgan fingerprint density at radius 2 is 1.70 bits per heavy atom. The fourth-order valence-corrected chi connectivity index (χ4v) is 4.88. The number of hydrogen-bond donors (Lipinski definition) is 1. The topological polar surface area (TPSA) is 63.6 Å². The molecule has 2 heterocycles. The summed E-state index contributed by atoms with van der Waals surface area (Å²) in [5, 5.41) is 4.27. The number of pyridine rings is 1. The summed E-state index contributed by atoms with van der Waals surface area (Å²) < 4.78 is 6.76. The Morgan fingerprint density at radius 3 is 2.36 bits per heavy atom. The van der Waals surface area contributed by atoms with E-state index < -0.39 is 0 Å². The van der Waals surface area contributed by atoms with Crippen LogP contribution in [0.4, 0.5) is 0 Å². The van der Waals surface area contributed by atoms with Crippen LogP contribution in [0.3, 0.4) is 0 Å². The Kier molecular flexibility index (Phi) is 7.14. The summed E-state index contributed by atoms with van der Waals surface area (Å²) in [5.41, 5.74) is 1.04. The van der Waals surface area contributed by atoms with E-state index in [0.29, 0.717) is 46.4 Å². The van der Waals surface area contributed by atoms with Crippen molar-refractivity contribution in [2.24, 2.45) is 0 Å². The van der Waals surface area contributed by atoms with Crippen molar-refractivity contribution in [3.63, 3.8) is 0 Å². The SMILES string of the molecule is COc1ccc(-n2cc(C(=O)NCCCN3C(C)CCCC3C)c3ccccc3c2=O)cc1. The molecule has 0 bridgehead atoms. The van der Waals surface area contributed by atoms with E-state index in [1.807, 2.05) is 30.3 Å². The second-order valence-corrected chi connectivity index (χ2v) is 8.94. The number of piperidine rings is 1. The van der Waals surface area contributed by atoms with Crippen molar-refractivity contribution >= 4 is 16.7 Å². The fourth-order valence-electron chi connectivity index (χ4n) is 4.88. The lowest BCUT2D eigenvalue weighted by Crippen LogP contribution is -2.44. The molecule has 0 radical (unpaired) electrons. The molecule has 4 rings (SSSR count). The van der Waals surface area contributed by atoms with Gasteiger partial charge in [-0.25, -0.2) is 0 Å². The molecule has 2 unspecified atom stereocenters. The zero-order valence-corrected chi connectivity index (χ0v) is 19.7. The molecule has 2 atom stereocenters. The molecule has 0 saturated carbocycles. The molecule has 1 aromatic heterocycles. The van der Waals surface area contributed by atoms with E-state index in [4.69, 9.17) is 4.74 Å². The van der Waals surface area contributed by atoms with Crippen LogP contribution >= 0.6 is 0 Å². The molecule has 2 aromatic carbocycles. The minimum absolute atomic E-state index is 0.152. The number of nitrogens with one attached hydrogen (secondary N) is 1. The lowest BCUT2D eigenvalue weighted by molar-refractivity contribution is 0.0926. The first kappa shape index (κ1) is 23.1. The number of methoxy groups -OCH3 is 1. The van der Waals surface area contributed by atoms with Gasteiger partial charge in [-0.05, 0) is 63.4 Å². The maximum Gasteiger partial charge on any atom is 0.262 e. The van der Waals surface area contributed by atoms with Crippen LogP contribution in [0.15, 0.2) is 59.5 Å². The van der Waals surface area contributed by atoms with Crippen LogP contribution in [0.25, 0.3) is 16.5 Å². The molecule has 1 amide bonds. The largest absolute Gasteiger partial charge is 0.497 e. The number of rotatable bonds is 7. The number of hydrogen-bond acceptors (Lipinski definition) is 4. The summed E-state index contributed by atoms with van der Waals surface area (Å²) in [7, 11) is 1.60. The predicted molar refractivity (Wildman–Crippen MR) is 133 cm³/mol. The zero-order chi connectivity index (χ0) is 23.4. The monoisotopic (exact) mass is 447 g/mol. The minimum atomic E-state index is -0.159. The molecule has 1 aliphatic rings. The molecule has 1 fully saturated rings. The van der Waals surface area contributed by atoms with Gasteiger partial charge in [-0.3, -0.25) is 19.1 Å². The Hall–Kier alpha value is -3.12. The van der Waals surface area contributed by atoms with Gasteiger partial charge in [-0.2, -0.15) is 0 Å². The van der Waals surface area contributed by atoms with Gasteiger partial charge in [0, 0.05) is 47.8 Å². The minimum Gasteiger partial charge on any atom is -0.497 e. The third kappa shape index (κ3) is 4.96. The Morgan fingerprint density at radius 1 is 1.03 bits per heavy atom. The van der Waals surface area contributed by atoms with Gasteiger partial charge < -0.3 is 10.1 Å². The highest BCUT2D eigenvalue weighted by Gasteiger charge is 2.24. The van der Waals surface area contributed by atoms with Crippen LogP contribution in [0.1, 0.15) is 49.9 Å². The van der Waals surface area contributed by atoms with Gasteiger partial charge in [0.1, 0.15) is 5.75 Å². The first-order valence-electron chi connectivity index (χ1n) is 11.8. The number of nitrogens with zero attached hydrogens (tertiary/aromatic N) is 2. The van der Waals surface area contributed by atoms with Crippen molar-refractivity contribution in [1.29, 1.82) is 0 Å². The van der Waals surface area contributed by atoms with Crippen molar-refractivity contribution in [1.82, 2.24) is 14.8 Å². The molecule has 1 aliphatic heterocycles. The van der Waals surface area contributed by atoms with Crippen molar-refractivity contribution in [3.8, 4) is 11.4 Å². The predicted octanol–water partition coefficient (Wildman–Crippen LogP) is 4.38. The van der Waals surface area contributed by atoms with E-state index in [1.54, 1.807) is 31.5 Å². The Bertz CT molecular complexity index is 1160. The summed E-state index contributed by atoms with van der Waals surface area (Å²) >= 11 is 0. The van der Waals surface area contributed by atoms with Crippen LogP contribution in [-0.2, 0) is 0 Å². The first-order valence-corrected chi connectivity index (χ1v) is 11.8. The van der Waals surface area contributed by atoms with Gasteiger partial charge in [0.05, 0.1) is 12.7 Å². The quantitative estimate of drug-likeness (QED) is 0.546. The average Bonchev–Trinajstić information content (AvgIpc) is 2.83. The number of carbonyl (C=O) groups excluding carboxylic acids is 1. The second-order valence-electron chi connectivity index (χ2n) is 8.94. The van der Waals surface area contributed by atoms with Crippen LogP contribution < -0.4 is 15.6 Å². The van der Waals surface area contributed by atoms with E-state index in [1.165, 1.54) is 23.8 Å². The van der Waals surface area contributed by atoms with Crippen LogP contribution in [-0.4, -0.2) is 47.7 Å². The molecule has 1 N–H and O–H groups in total. The number of fused-ring (bicyclic) bond motifs is 1. The molecule has 0 spiro atoms. The first-order chi connectivity index (χ1) is 16.0. The van der Waals surface area contributed by atoms with Crippen LogP contribution in [0.5, 0.6) is 5.75 Å². The number of amides is 1. The van der Waals surface area contributed by atoms with Crippen molar-refractivity contribution in [3.05, 3.63) is 70.6 Å². The summed E-state index contributed by atoms with van der Waals surface area (Å²) in [6.07, 6.45) is 6.34. The van der Waals surface area contributed by atoms with E-state index in [0.717, 1.165) is 13.0 Å². The fraction of sp³-hybridized carbons (Fsp3) is 0.407. The number of carbonyl (C=O) groups is 1. The molecule has 6 nitrogen and oxygen atoms in total. The van der Waals surface area contributed by atoms with Crippen molar-refractivity contribution in [2.75, 3.05) is 20.2 Å². The average molecular weight is 448 g/mol. The summed E-state index contributed by atoms with van der Waals surface area (Å²) in [6.45, 7) is 6.17. The number of aromatic nitrogens is 1. The normalized spacial score (nSPS) is 18.9. The molecular weight excluding hydrogens is 414 g/mol. The smallest absolute Gasteiger partial charge is 0.262 e. The van der Waals surface area contributed by atoms with Crippen molar-refractivity contribution < 1.29 is 9.53 Å². The molecule has 1 saturated heterocycles. The molecule has 174 valence electrons. The number of likely N-dealkylation sites (tertiary alicyclic amines) is 1. The van der Waals surface area contributed by atoms with Gasteiger partial charge in [0.15, 0.2) is 0 Å². The van der Waals surface area contributed by atoms with Gasteiger partial charge in [-0.15, -0.1) is 0 Å². The molecule has 6 heteroatoms. The third-order valence-corrected chi connectivity index (χ3v) is 6.77. The summed E-state index contributed by atoms with van der Waals surface area (Å²) in [5.74, 6) is 0.552. The highest BCUT2D eigenvalue weighted by Crippen LogP contribution is 2.22. The van der Waals surface area contributed by atoms with Crippen LogP contribution in [0, 0.1) is 0 Å². The highest BCUT2D eigenvalue weighted by molar-refractivity contribution is 6.06. The van der Waals surface area contributed by atoms with E-state index in [-0.39, 0.29) is 11.5 Å². The lowest BCUT2D eigenvalue weighted by Gasteiger charge is -2.39. The lowest BCUT2D eigenvalue weighted by atomic mass is 9.97. The maximum atomic E-state index is 13.2. The van der Waals surface area contributed by atoms with E-state index in [2.05, 4.69) is 24.1 Å².